The molecule has 2 aromatic heterocycles. The van der Waals surface area contributed by atoms with Crippen molar-refractivity contribution in [2.24, 2.45) is 0 Å². The molecule has 1 aliphatic rings. The van der Waals surface area contributed by atoms with Gasteiger partial charge in [0.15, 0.2) is 0 Å². The number of carbonyl (C=O) groups excluding carboxylic acids is 1. The quantitative estimate of drug-likeness (QED) is 0.696. The summed E-state index contributed by atoms with van der Waals surface area (Å²) in [6.45, 7) is 1.79. The number of hydrogen-bond acceptors (Lipinski definition) is 6. The molecule has 3 rings (SSSR count). The van der Waals surface area contributed by atoms with Gasteiger partial charge in [0.1, 0.15) is 11.4 Å². The van der Waals surface area contributed by atoms with Crippen molar-refractivity contribution in [1.29, 1.82) is 0 Å². The molecule has 0 aliphatic carbocycles. The Hall–Kier alpha value is -2.72. The van der Waals surface area contributed by atoms with Crippen LogP contribution in [-0.4, -0.2) is 67.1 Å². The Labute approximate surface area is 157 Å². The maximum atomic E-state index is 12.5. The van der Waals surface area contributed by atoms with Gasteiger partial charge >= 0.3 is 0 Å². The van der Waals surface area contributed by atoms with Crippen LogP contribution in [0.5, 0.6) is 0 Å². The number of piperazine rings is 1. The van der Waals surface area contributed by atoms with Gasteiger partial charge in [0.2, 0.25) is 10.0 Å². The minimum absolute atomic E-state index is 0.0427. The van der Waals surface area contributed by atoms with E-state index in [-0.39, 0.29) is 17.9 Å². The molecule has 3 heterocycles. The average molecular weight is 391 g/mol. The van der Waals surface area contributed by atoms with Gasteiger partial charge in [-0.1, -0.05) is 6.07 Å². The number of aromatic amines is 1. The van der Waals surface area contributed by atoms with Gasteiger partial charge in [0.25, 0.3) is 11.5 Å². The van der Waals surface area contributed by atoms with E-state index in [1.807, 2.05) is 23.1 Å². The second kappa shape index (κ2) is 8.31. The number of anilines is 1. The molecule has 0 atom stereocenters. The van der Waals surface area contributed by atoms with Crippen LogP contribution < -0.4 is 15.8 Å². The van der Waals surface area contributed by atoms with E-state index < -0.39 is 21.5 Å². The topological polar surface area (TPSA) is 115 Å². The minimum Gasteiger partial charge on any atom is -0.354 e. The molecule has 1 fully saturated rings. The molecule has 0 radical (unpaired) electrons. The standard InChI is InChI=1S/C17H21N5O4S/c23-16-14(4-3-7-19-16)17(24)20-8-13-27(25,26)22-11-9-21(10-12-22)15-5-1-2-6-18-15/h1-7H,8-13H2,(H,19,23)(H,20,24). The molecule has 27 heavy (non-hydrogen) atoms. The maximum absolute atomic E-state index is 12.5. The molecule has 1 aliphatic heterocycles. The summed E-state index contributed by atoms with van der Waals surface area (Å²) >= 11 is 0. The van der Waals surface area contributed by atoms with Crippen LogP contribution >= 0.6 is 0 Å². The highest BCUT2D eigenvalue weighted by Crippen LogP contribution is 2.14. The number of aromatic nitrogens is 2. The van der Waals surface area contributed by atoms with E-state index in [0.717, 1.165) is 5.82 Å². The second-order valence-electron chi connectivity index (χ2n) is 6.06. The lowest BCUT2D eigenvalue weighted by Crippen LogP contribution is -2.50. The van der Waals surface area contributed by atoms with E-state index in [4.69, 9.17) is 0 Å². The Morgan fingerprint density at radius 2 is 1.93 bits per heavy atom. The summed E-state index contributed by atoms with van der Waals surface area (Å²) in [5.41, 5.74) is -0.553. The van der Waals surface area contributed by atoms with E-state index >= 15 is 0 Å². The van der Waals surface area contributed by atoms with Crippen LogP contribution in [0.3, 0.4) is 0 Å². The summed E-state index contributed by atoms with van der Waals surface area (Å²) < 4.78 is 26.4. The van der Waals surface area contributed by atoms with Gasteiger partial charge < -0.3 is 15.2 Å². The molecule has 0 aromatic carbocycles. The molecule has 144 valence electrons. The molecule has 2 aromatic rings. The molecule has 0 saturated carbocycles. The van der Waals surface area contributed by atoms with E-state index in [0.29, 0.717) is 26.2 Å². The van der Waals surface area contributed by atoms with E-state index in [9.17, 15) is 18.0 Å². The van der Waals surface area contributed by atoms with Crippen molar-refractivity contribution >= 4 is 21.7 Å². The molecule has 1 saturated heterocycles. The van der Waals surface area contributed by atoms with Gasteiger partial charge in [-0.3, -0.25) is 9.59 Å². The summed E-state index contributed by atoms with van der Waals surface area (Å²) in [5.74, 6) is 0.0227. The normalized spacial score (nSPS) is 15.5. The van der Waals surface area contributed by atoms with Gasteiger partial charge in [0, 0.05) is 45.1 Å². The minimum atomic E-state index is -3.49. The third-order valence-electron chi connectivity index (χ3n) is 4.31. The number of nitrogens with zero attached hydrogens (tertiary/aromatic N) is 3. The first-order chi connectivity index (χ1) is 13.0. The number of sulfonamides is 1. The molecule has 0 unspecified atom stereocenters. The van der Waals surface area contributed by atoms with Crippen molar-refractivity contribution in [3.05, 3.63) is 58.6 Å². The Morgan fingerprint density at radius 1 is 1.15 bits per heavy atom. The third-order valence-corrected chi connectivity index (χ3v) is 6.19. The lowest BCUT2D eigenvalue weighted by atomic mass is 10.2. The molecule has 10 heteroatoms. The monoisotopic (exact) mass is 391 g/mol. The predicted molar refractivity (Wildman–Crippen MR) is 101 cm³/mol. The smallest absolute Gasteiger partial charge is 0.260 e. The second-order valence-corrected chi connectivity index (χ2v) is 8.15. The number of pyridine rings is 2. The van der Waals surface area contributed by atoms with Crippen LogP contribution in [0.25, 0.3) is 0 Å². The maximum Gasteiger partial charge on any atom is 0.260 e. The van der Waals surface area contributed by atoms with Crippen molar-refractivity contribution in [2.45, 2.75) is 0 Å². The number of rotatable bonds is 6. The van der Waals surface area contributed by atoms with Crippen LogP contribution in [0, 0.1) is 0 Å². The fourth-order valence-corrected chi connectivity index (χ4v) is 4.19. The van der Waals surface area contributed by atoms with Gasteiger partial charge in [-0.15, -0.1) is 0 Å². The highest BCUT2D eigenvalue weighted by atomic mass is 32.2. The predicted octanol–water partition coefficient (Wildman–Crippen LogP) is -0.348. The summed E-state index contributed by atoms with van der Waals surface area (Å²) in [5, 5.41) is 2.48. The molecule has 0 spiro atoms. The first-order valence-corrected chi connectivity index (χ1v) is 10.2. The molecule has 0 bridgehead atoms. The van der Waals surface area contributed by atoms with Crippen LogP contribution in [0.4, 0.5) is 5.82 Å². The lowest BCUT2D eigenvalue weighted by Gasteiger charge is -2.34. The summed E-state index contributed by atoms with van der Waals surface area (Å²) in [7, 11) is -3.49. The summed E-state index contributed by atoms with van der Waals surface area (Å²) in [4.78, 5) is 32.3. The molecular weight excluding hydrogens is 370 g/mol. The SMILES string of the molecule is O=C(NCCS(=O)(=O)N1CCN(c2ccccn2)CC1)c1ccc[nH]c1=O. The first-order valence-electron chi connectivity index (χ1n) is 8.57. The summed E-state index contributed by atoms with van der Waals surface area (Å²) in [6, 6.07) is 8.55. The molecule has 1 amide bonds. The summed E-state index contributed by atoms with van der Waals surface area (Å²) in [6.07, 6.45) is 3.13. The molecular formula is C17H21N5O4S. The average Bonchev–Trinajstić information content (AvgIpc) is 2.69. The Kier molecular flexibility index (Phi) is 5.87. The van der Waals surface area contributed by atoms with E-state index in [2.05, 4.69) is 15.3 Å². The highest BCUT2D eigenvalue weighted by molar-refractivity contribution is 7.89. The van der Waals surface area contributed by atoms with Gasteiger partial charge in [-0.05, 0) is 24.3 Å². The van der Waals surface area contributed by atoms with Crippen molar-refractivity contribution in [3.63, 3.8) is 0 Å². The Bertz CT molecular complexity index is 937. The third kappa shape index (κ3) is 4.72. The number of carbonyl (C=O) groups is 1. The number of amides is 1. The van der Waals surface area contributed by atoms with Crippen LogP contribution in [0.2, 0.25) is 0 Å². The van der Waals surface area contributed by atoms with Crippen LogP contribution in [0.15, 0.2) is 47.5 Å². The Balaban J connectivity index is 1.50. The number of hydrogen-bond donors (Lipinski definition) is 2. The fourth-order valence-electron chi connectivity index (χ4n) is 2.85. The van der Waals surface area contributed by atoms with E-state index in [1.54, 1.807) is 6.20 Å². The van der Waals surface area contributed by atoms with Crippen molar-refractivity contribution < 1.29 is 13.2 Å². The largest absolute Gasteiger partial charge is 0.354 e. The van der Waals surface area contributed by atoms with Crippen molar-refractivity contribution in [2.75, 3.05) is 43.4 Å². The van der Waals surface area contributed by atoms with E-state index in [1.165, 1.54) is 22.6 Å². The lowest BCUT2D eigenvalue weighted by molar-refractivity contribution is 0.0954. The highest BCUT2D eigenvalue weighted by Gasteiger charge is 2.27. The van der Waals surface area contributed by atoms with Crippen molar-refractivity contribution in [3.8, 4) is 0 Å². The zero-order chi connectivity index (χ0) is 19.3. The molecule has 9 nitrogen and oxygen atoms in total. The number of nitrogens with one attached hydrogen (secondary N) is 2. The van der Waals surface area contributed by atoms with Gasteiger partial charge in [-0.2, -0.15) is 4.31 Å². The van der Waals surface area contributed by atoms with Crippen LogP contribution in [-0.2, 0) is 10.0 Å². The fraction of sp³-hybridized carbons (Fsp3) is 0.353. The Morgan fingerprint density at radius 3 is 2.59 bits per heavy atom. The zero-order valence-corrected chi connectivity index (χ0v) is 15.5. The van der Waals surface area contributed by atoms with Gasteiger partial charge in [-0.25, -0.2) is 13.4 Å². The van der Waals surface area contributed by atoms with Crippen molar-refractivity contribution in [1.82, 2.24) is 19.6 Å². The van der Waals surface area contributed by atoms with Gasteiger partial charge in [0.05, 0.1) is 5.75 Å². The molecule has 2 N–H and O–H groups in total. The first kappa shape index (κ1) is 19.1. The zero-order valence-electron chi connectivity index (χ0n) is 14.7. The van der Waals surface area contributed by atoms with Crippen LogP contribution in [0.1, 0.15) is 10.4 Å². The number of H-pyrrole nitrogens is 1.